The molecular weight excluding hydrogens is 192 g/mol. The molecule has 1 aromatic rings. The number of nitrogens with zero attached hydrogens (tertiary/aromatic N) is 3. The van der Waals surface area contributed by atoms with E-state index in [1.807, 2.05) is 0 Å². The molecule has 5 heteroatoms. The van der Waals surface area contributed by atoms with Crippen LogP contribution in [0.15, 0.2) is 0 Å². The van der Waals surface area contributed by atoms with Crippen LogP contribution in [-0.2, 0) is 17.7 Å². The molecule has 1 aliphatic rings. The van der Waals surface area contributed by atoms with E-state index in [1.54, 1.807) is 7.11 Å². The smallest absolute Gasteiger partial charge is 0.152 e. The lowest BCUT2D eigenvalue weighted by molar-refractivity contribution is 0.176. The first kappa shape index (κ1) is 10.6. The van der Waals surface area contributed by atoms with Crippen molar-refractivity contribution in [3.05, 3.63) is 11.6 Å². The molecule has 1 atom stereocenters. The van der Waals surface area contributed by atoms with E-state index in [9.17, 15) is 0 Å². The number of methoxy groups -OCH3 is 1. The molecule has 5 nitrogen and oxygen atoms in total. The van der Waals surface area contributed by atoms with Gasteiger partial charge in [-0.3, -0.25) is 0 Å². The molecule has 0 bridgehead atoms. The summed E-state index contributed by atoms with van der Waals surface area (Å²) < 4.78 is 7.21. The van der Waals surface area contributed by atoms with Gasteiger partial charge in [-0.25, -0.2) is 0 Å². The summed E-state index contributed by atoms with van der Waals surface area (Å²) in [6, 6.07) is -0.158. The highest BCUT2D eigenvalue weighted by Crippen LogP contribution is 2.17. The molecule has 1 unspecified atom stereocenters. The summed E-state index contributed by atoms with van der Waals surface area (Å²) in [5.41, 5.74) is 5.98. The molecule has 0 aromatic carbocycles. The third-order valence-corrected chi connectivity index (χ3v) is 2.82. The fraction of sp³-hybridized carbons (Fsp3) is 0.800. The van der Waals surface area contributed by atoms with Crippen molar-refractivity contribution in [2.45, 2.75) is 38.3 Å². The van der Waals surface area contributed by atoms with Gasteiger partial charge in [-0.15, -0.1) is 10.2 Å². The molecule has 0 saturated carbocycles. The quantitative estimate of drug-likeness (QED) is 0.795. The predicted octanol–water partition coefficient (Wildman–Crippen LogP) is 0.651. The Morgan fingerprint density at radius 1 is 1.40 bits per heavy atom. The minimum atomic E-state index is -0.158. The van der Waals surface area contributed by atoms with Crippen molar-refractivity contribution in [1.82, 2.24) is 14.8 Å². The van der Waals surface area contributed by atoms with Crippen LogP contribution in [0.3, 0.4) is 0 Å². The summed E-state index contributed by atoms with van der Waals surface area (Å²) in [5.74, 6) is 1.95. The van der Waals surface area contributed by atoms with Crippen molar-refractivity contribution in [3.63, 3.8) is 0 Å². The van der Waals surface area contributed by atoms with Crippen LogP contribution in [0, 0.1) is 0 Å². The van der Waals surface area contributed by atoms with Crippen LogP contribution in [0.1, 0.15) is 37.0 Å². The third kappa shape index (κ3) is 2.18. The van der Waals surface area contributed by atoms with Gasteiger partial charge in [0.2, 0.25) is 0 Å². The topological polar surface area (TPSA) is 66.0 Å². The summed E-state index contributed by atoms with van der Waals surface area (Å²) >= 11 is 0. The second kappa shape index (κ2) is 4.72. The number of aryl methyl sites for hydroxylation is 1. The Balaban J connectivity index is 2.21. The van der Waals surface area contributed by atoms with E-state index in [2.05, 4.69) is 14.8 Å². The van der Waals surface area contributed by atoms with Crippen molar-refractivity contribution in [2.75, 3.05) is 13.7 Å². The SMILES string of the molecule is COCC(N)c1nnc2n1CCCCC2. The first-order chi connectivity index (χ1) is 7.33. The van der Waals surface area contributed by atoms with Crippen LogP contribution in [0.25, 0.3) is 0 Å². The highest BCUT2D eigenvalue weighted by Gasteiger charge is 2.19. The number of aromatic nitrogens is 3. The lowest BCUT2D eigenvalue weighted by Gasteiger charge is -2.12. The summed E-state index contributed by atoms with van der Waals surface area (Å²) in [4.78, 5) is 0. The minimum Gasteiger partial charge on any atom is -0.383 e. The molecule has 1 aromatic heterocycles. The molecule has 0 radical (unpaired) electrons. The standard InChI is InChI=1S/C10H18N4O/c1-15-7-8(11)10-13-12-9-5-3-2-4-6-14(9)10/h8H,2-7,11H2,1H3. The van der Waals surface area contributed by atoms with Gasteiger partial charge in [0, 0.05) is 20.1 Å². The van der Waals surface area contributed by atoms with Crippen molar-refractivity contribution in [2.24, 2.45) is 5.73 Å². The van der Waals surface area contributed by atoms with E-state index < -0.39 is 0 Å². The van der Waals surface area contributed by atoms with Gasteiger partial charge in [0.05, 0.1) is 12.6 Å². The largest absolute Gasteiger partial charge is 0.383 e. The molecular formula is C10H18N4O. The fourth-order valence-electron chi connectivity index (χ4n) is 2.04. The van der Waals surface area contributed by atoms with Crippen LogP contribution in [-0.4, -0.2) is 28.5 Å². The molecule has 84 valence electrons. The van der Waals surface area contributed by atoms with E-state index in [4.69, 9.17) is 10.5 Å². The van der Waals surface area contributed by atoms with Gasteiger partial charge in [0.1, 0.15) is 5.82 Å². The number of hydrogen-bond acceptors (Lipinski definition) is 4. The average Bonchev–Trinajstić information content (AvgIpc) is 2.48. The zero-order chi connectivity index (χ0) is 10.7. The fourth-order valence-corrected chi connectivity index (χ4v) is 2.04. The molecule has 0 spiro atoms. The summed E-state index contributed by atoms with van der Waals surface area (Å²) in [7, 11) is 1.65. The normalized spacial score (nSPS) is 18.3. The zero-order valence-electron chi connectivity index (χ0n) is 9.15. The molecule has 2 rings (SSSR count). The molecule has 15 heavy (non-hydrogen) atoms. The van der Waals surface area contributed by atoms with Crippen molar-refractivity contribution in [1.29, 1.82) is 0 Å². The van der Waals surface area contributed by atoms with Crippen LogP contribution in [0.5, 0.6) is 0 Å². The van der Waals surface area contributed by atoms with Crippen LogP contribution >= 0.6 is 0 Å². The van der Waals surface area contributed by atoms with Gasteiger partial charge in [0.15, 0.2) is 5.82 Å². The average molecular weight is 210 g/mol. The molecule has 0 fully saturated rings. The van der Waals surface area contributed by atoms with Crippen LogP contribution in [0.4, 0.5) is 0 Å². The Hall–Kier alpha value is -0.940. The van der Waals surface area contributed by atoms with E-state index in [0.717, 1.165) is 24.6 Å². The number of hydrogen-bond donors (Lipinski definition) is 1. The minimum absolute atomic E-state index is 0.158. The maximum absolute atomic E-state index is 5.98. The first-order valence-corrected chi connectivity index (χ1v) is 5.49. The summed E-state index contributed by atoms with van der Waals surface area (Å²) in [5, 5.41) is 8.36. The molecule has 0 saturated heterocycles. The lowest BCUT2D eigenvalue weighted by Crippen LogP contribution is -2.21. The van der Waals surface area contributed by atoms with Crippen molar-refractivity contribution < 1.29 is 4.74 Å². The monoisotopic (exact) mass is 210 g/mol. The highest BCUT2D eigenvalue weighted by atomic mass is 16.5. The van der Waals surface area contributed by atoms with E-state index in [1.165, 1.54) is 19.3 Å². The van der Waals surface area contributed by atoms with E-state index in [0.29, 0.717) is 6.61 Å². The summed E-state index contributed by atoms with van der Waals surface area (Å²) in [6.45, 7) is 1.49. The Morgan fingerprint density at radius 3 is 3.07 bits per heavy atom. The lowest BCUT2D eigenvalue weighted by atomic mass is 10.2. The summed E-state index contributed by atoms with van der Waals surface area (Å²) in [6.07, 6.45) is 4.68. The molecule has 1 aliphatic heterocycles. The number of rotatable bonds is 3. The molecule has 0 aliphatic carbocycles. The number of ether oxygens (including phenoxy) is 1. The Bertz CT molecular complexity index is 323. The van der Waals surface area contributed by atoms with E-state index >= 15 is 0 Å². The third-order valence-electron chi connectivity index (χ3n) is 2.82. The van der Waals surface area contributed by atoms with Gasteiger partial charge < -0.3 is 15.0 Å². The van der Waals surface area contributed by atoms with Crippen molar-refractivity contribution >= 4 is 0 Å². The van der Waals surface area contributed by atoms with Gasteiger partial charge in [-0.2, -0.15) is 0 Å². The molecule has 2 heterocycles. The van der Waals surface area contributed by atoms with Crippen LogP contribution < -0.4 is 5.73 Å². The van der Waals surface area contributed by atoms with Gasteiger partial charge in [0.25, 0.3) is 0 Å². The van der Waals surface area contributed by atoms with E-state index in [-0.39, 0.29) is 6.04 Å². The maximum Gasteiger partial charge on any atom is 0.152 e. The second-order valence-corrected chi connectivity index (χ2v) is 4.00. The zero-order valence-corrected chi connectivity index (χ0v) is 9.15. The maximum atomic E-state index is 5.98. The van der Waals surface area contributed by atoms with Crippen molar-refractivity contribution in [3.8, 4) is 0 Å². The van der Waals surface area contributed by atoms with Gasteiger partial charge in [-0.05, 0) is 12.8 Å². The second-order valence-electron chi connectivity index (χ2n) is 4.00. The Labute approximate surface area is 89.6 Å². The Morgan fingerprint density at radius 2 is 2.27 bits per heavy atom. The van der Waals surface area contributed by atoms with Gasteiger partial charge >= 0.3 is 0 Å². The van der Waals surface area contributed by atoms with Gasteiger partial charge in [-0.1, -0.05) is 6.42 Å². The highest BCUT2D eigenvalue weighted by molar-refractivity contribution is 5.02. The molecule has 2 N–H and O–H groups in total. The molecule has 0 amide bonds. The predicted molar refractivity (Wildman–Crippen MR) is 56.4 cm³/mol. The number of fused-ring (bicyclic) bond motifs is 1. The first-order valence-electron chi connectivity index (χ1n) is 5.49. The van der Waals surface area contributed by atoms with Crippen LogP contribution in [0.2, 0.25) is 0 Å². The Kier molecular flexibility index (Phi) is 3.33. The number of nitrogens with two attached hydrogens (primary N) is 1.